The molecule has 0 atom stereocenters. The maximum atomic E-state index is 6.82. The van der Waals surface area contributed by atoms with Crippen LogP contribution in [0.15, 0.2) is 192 Å². The van der Waals surface area contributed by atoms with Crippen molar-refractivity contribution in [3.63, 3.8) is 0 Å². The van der Waals surface area contributed by atoms with E-state index in [1.165, 1.54) is 106 Å². The van der Waals surface area contributed by atoms with E-state index in [-0.39, 0.29) is 12.3 Å². The zero-order chi connectivity index (χ0) is 42.6. The van der Waals surface area contributed by atoms with Crippen LogP contribution in [0.25, 0.3) is 55.3 Å². The summed E-state index contributed by atoms with van der Waals surface area (Å²) in [6.07, 6.45) is 0. The van der Waals surface area contributed by atoms with Crippen LogP contribution < -0.4 is 20.6 Å². The Morgan fingerprint density at radius 1 is 0.469 bits per heavy atom. The number of nitrogens with zero attached hydrogens (tertiary/aromatic N) is 2. The van der Waals surface area contributed by atoms with Gasteiger partial charge in [0, 0.05) is 44.6 Å². The number of aryl methyl sites for hydroxylation is 1. The number of benzene rings is 9. The Balaban J connectivity index is 1.16. The molecule has 0 radical (unpaired) electrons. The fraction of sp³-hybridized carbons (Fsp3) is 0.100. The molecule has 14 rings (SSSR count). The van der Waals surface area contributed by atoms with E-state index in [9.17, 15) is 0 Å². The highest BCUT2D eigenvalue weighted by Crippen LogP contribution is 2.65. The summed E-state index contributed by atoms with van der Waals surface area (Å²) in [6.45, 7) is 9.03. The lowest BCUT2D eigenvalue weighted by Gasteiger charge is -2.52. The zero-order valence-corrected chi connectivity index (χ0v) is 36.3. The molecule has 64 heavy (non-hydrogen) atoms. The molecule has 3 aliphatic heterocycles. The molecule has 9 aromatic carbocycles. The van der Waals surface area contributed by atoms with Gasteiger partial charge in [0.1, 0.15) is 11.2 Å². The maximum absolute atomic E-state index is 6.82. The van der Waals surface area contributed by atoms with Gasteiger partial charge in [-0.3, -0.25) is 0 Å². The first-order valence-electron chi connectivity index (χ1n) is 22.6. The van der Waals surface area contributed by atoms with Crippen LogP contribution >= 0.6 is 0 Å². The monoisotopic (exact) mass is 818 g/mol. The van der Waals surface area contributed by atoms with Gasteiger partial charge in [0.2, 0.25) is 0 Å². The van der Waals surface area contributed by atoms with Gasteiger partial charge < -0.3 is 14.1 Å². The minimum Gasteiger partial charge on any atom is -0.456 e. The van der Waals surface area contributed by atoms with Crippen molar-refractivity contribution in [1.29, 1.82) is 0 Å². The Bertz CT molecular complexity index is 3600. The Kier molecular flexibility index (Phi) is 7.05. The molecule has 0 N–H and O–H groups in total. The number of furan rings is 1. The molecule has 302 valence electrons. The first kappa shape index (κ1) is 36.0. The minimum atomic E-state index is -0.507. The Morgan fingerprint density at radius 3 is 1.91 bits per heavy atom. The van der Waals surface area contributed by atoms with Crippen molar-refractivity contribution in [2.24, 2.45) is 0 Å². The lowest BCUT2D eigenvalue weighted by molar-refractivity contribution is 0.590. The van der Waals surface area contributed by atoms with Crippen molar-refractivity contribution < 1.29 is 4.42 Å². The molecule has 4 heterocycles. The third-order valence-electron chi connectivity index (χ3n) is 14.8. The van der Waals surface area contributed by atoms with Gasteiger partial charge in [0.05, 0.1) is 11.1 Å². The highest BCUT2D eigenvalue weighted by molar-refractivity contribution is 6.95. The summed E-state index contributed by atoms with van der Waals surface area (Å²) in [6, 6.07) is 70.8. The Hall–Kier alpha value is -7.56. The number of fused-ring (bicyclic) bond motifs is 17. The molecule has 1 aliphatic carbocycles. The predicted molar refractivity (Wildman–Crippen MR) is 267 cm³/mol. The van der Waals surface area contributed by atoms with Gasteiger partial charge in [-0.15, -0.1) is 0 Å². The van der Waals surface area contributed by atoms with E-state index < -0.39 is 5.41 Å². The van der Waals surface area contributed by atoms with E-state index in [2.05, 4.69) is 225 Å². The van der Waals surface area contributed by atoms with Crippen molar-refractivity contribution in [3.8, 4) is 33.4 Å². The van der Waals surface area contributed by atoms with E-state index in [4.69, 9.17) is 4.42 Å². The van der Waals surface area contributed by atoms with Crippen LogP contribution in [-0.4, -0.2) is 6.85 Å². The van der Waals surface area contributed by atoms with Gasteiger partial charge in [0.15, 0.2) is 0 Å². The van der Waals surface area contributed by atoms with Crippen LogP contribution in [0.3, 0.4) is 0 Å². The largest absolute Gasteiger partial charge is 0.456 e. The molecule has 4 heteroatoms. The third kappa shape index (κ3) is 4.47. The topological polar surface area (TPSA) is 19.6 Å². The highest BCUT2D eigenvalue weighted by Gasteiger charge is 2.56. The van der Waals surface area contributed by atoms with Gasteiger partial charge in [-0.05, 0) is 121 Å². The molecule has 3 nitrogen and oxygen atoms in total. The smallest absolute Gasteiger partial charge is 0.333 e. The lowest BCUT2D eigenvalue weighted by atomic mass is 9.41. The van der Waals surface area contributed by atoms with E-state index in [0.29, 0.717) is 0 Å². The first-order valence-corrected chi connectivity index (χ1v) is 22.6. The Labute approximate surface area is 374 Å². The van der Waals surface area contributed by atoms with Gasteiger partial charge in [-0.25, -0.2) is 0 Å². The highest BCUT2D eigenvalue weighted by atomic mass is 16.3. The quantitative estimate of drug-likeness (QED) is 0.162. The fourth-order valence-electron chi connectivity index (χ4n) is 12.3. The van der Waals surface area contributed by atoms with Gasteiger partial charge in [-0.2, -0.15) is 0 Å². The van der Waals surface area contributed by atoms with Crippen molar-refractivity contribution in [2.45, 2.75) is 38.5 Å². The van der Waals surface area contributed by atoms with Crippen molar-refractivity contribution in [2.75, 3.05) is 9.71 Å². The minimum absolute atomic E-state index is 0.0297. The Morgan fingerprint density at radius 2 is 1.12 bits per heavy atom. The summed E-state index contributed by atoms with van der Waals surface area (Å²) in [5, 5.41) is 2.31. The molecular weight excluding hydrogens is 775 g/mol. The second kappa shape index (κ2) is 12.5. The van der Waals surface area contributed by atoms with Crippen molar-refractivity contribution >= 4 is 68.1 Å². The SMILES string of the molecule is Cc1cc2c3c(c1)N(c1ccc(C(C)(C)C)cc1-c1ccccc1)c1ccc4oc5ccccc5c4c1B3N1c3ccccc3C3(c4ccccc4-c4ccccc43)c3cccc-2c31. The first-order chi connectivity index (χ1) is 31.3. The van der Waals surface area contributed by atoms with Crippen LogP contribution in [0.4, 0.5) is 28.4 Å². The lowest BCUT2D eigenvalue weighted by Crippen LogP contribution is -2.63. The second-order valence-corrected chi connectivity index (χ2v) is 19.2. The van der Waals surface area contributed by atoms with Crippen LogP contribution in [0.5, 0.6) is 0 Å². The summed E-state index contributed by atoms with van der Waals surface area (Å²) in [7, 11) is 0. The molecule has 1 aromatic heterocycles. The summed E-state index contributed by atoms with van der Waals surface area (Å²) in [5.74, 6) is 0. The number of para-hydroxylation sites is 3. The molecule has 0 bridgehead atoms. The number of hydrogen-bond acceptors (Lipinski definition) is 3. The molecule has 0 unspecified atom stereocenters. The predicted octanol–water partition coefficient (Wildman–Crippen LogP) is 14.2. The summed E-state index contributed by atoms with van der Waals surface area (Å²) < 4.78 is 6.82. The van der Waals surface area contributed by atoms with Crippen molar-refractivity contribution in [3.05, 3.63) is 221 Å². The molecule has 4 aliphatic rings. The van der Waals surface area contributed by atoms with E-state index >= 15 is 0 Å². The standard InChI is InChI=1S/C60H43BN2O/c1-36-33-44-41-22-16-26-48-58(41)63(50-27-14-13-25-47(50)60(48)45-23-11-8-19-39(45)40-20-9-12-24-46(40)60)61-56(44)52(34-36)62(51-31-32-54-55(57(51)61)42-21-10-15-28-53(42)64-54)49-30-29-38(59(2,3)4)35-43(49)37-17-6-5-7-18-37/h5-35H,1-4H3. The summed E-state index contributed by atoms with van der Waals surface area (Å²) in [5.41, 5.74) is 25.4. The molecule has 10 aromatic rings. The van der Waals surface area contributed by atoms with Gasteiger partial charge in [-0.1, -0.05) is 166 Å². The normalized spacial score (nSPS) is 14.6. The average molecular weight is 819 g/mol. The van der Waals surface area contributed by atoms with E-state index in [0.717, 1.165) is 22.2 Å². The fourth-order valence-corrected chi connectivity index (χ4v) is 12.3. The van der Waals surface area contributed by atoms with Gasteiger partial charge in [0.25, 0.3) is 0 Å². The molecule has 0 saturated carbocycles. The molecular formula is C60H43BN2O. The molecule has 0 saturated heterocycles. The summed E-state index contributed by atoms with van der Waals surface area (Å²) >= 11 is 0. The molecule has 0 fully saturated rings. The number of rotatable bonds is 2. The number of hydrogen-bond donors (Lipinski definition) is 0. The van der Waals surface area contributed by atoms with Gasteiger partial charge >= 0.3 is 6.85 Å². The maximum Gasteiger partial charge on any atom is 0.333 e. The molecule has 0 amide bonds. The molecule has 1 spiro atoms. The van der Waals surface area contributed by atoms with Crippen molar-refractivity contribution in [1.82, 2.24) is 0 Å². The number of anilines is 5. The second-order valence-electron chi connectivity index (χ2n) is 19.2. The van der Waals surface area contributed by atoms with Crippen LogP contribution in [0.1, 0.15) is 54.2 Å². The van der Waals surface area contributed by atoms with E-state index in [1.54, 1.807) is 0 Å². The zero-order valence-electron chi connectivity index (χ0n) is 36.3. The van der Waals surface area contributed by atoms with Crippen LogP contribution in [0, 0.1) is 6.92 Å². The van der Waals surface area contributed by atoms with E-state index in [1.807, 2.05) is 0 Å². The van der Waals surface area contributed by atoms with Crippen LogP contribution in [0.2, 0.25) is 0 Å². The average Bonchev–Trinajstić information content (AvgIpc) is 3.85. The third-order valence-corrected chi connectivity index (χ3v) is 14.8. The summed E-state index contributed by atoms with van der Waals surface area (Å²) in [4.78, 5) is 5.32. The van der Waals surface area contributed by atoms with Crippen LogP contribution in [-0.2, 0) is 10.8 Å².